The summed E-state index contributed by atoms with van der Waals surface area (Å²) < 4.78 is 0. The Kier molecular flexibility index (Phi) is 3.37. The molecule has 2 heterocycles. The zero-order chi connectivity index (χ0) is 14.8. The highest BCUT2D eigenvalue weighted by Crippen LogP contribution is 2.27. The lowest BCUT2D eigenvalue weighted by atomic mass is 10.2. The van der Waals surface area contributed by atoms with E-state index in [2.05, 4.69) is 20.3 Å². The van der Waals surface area contributed by atoms with Crippen LogP contribution in [0.25, 0.3) is 11.0 Å². The summed E-state index contributed by atoms with van der Waals surface area (Å²) in [5.41, 5.74) is 2.33. The highest BCUT2D eigenvalue weighted by Gasteiger charge is 2.11. The molecule has 7 heteroatoms. The summed E-state index contributed by atoms with van der Waals surface area (Å²) in [5, 5.41) is 12.6. The van der Waals surface area contributed by atoms with Crippen molar-refractivity contribution in [2.45, 2.75) is 0 Å². The largest absolute Gasteiger partial charge is 0.478 e. The van der Waals surface area contributed by atoms with Crippen molar-refractivity contribution >= 4 is 40.0 Å². The van der Waals surface area contributed by atoms with Crippen LogP contribution in [0.2, 0.25) is 5.02 Å². The average molecular weight is 301 g/mol. The predicted octanol–water partition coefficient (Wildman–Crippen LogP) is 3.12. The monoisotopic (exact) mass is 300 g/mol. The lowest BCUT2D eigenvalue weighted by Gasteiger charge is -2.10. The summed E-state index contributed by atoms with van der Waals surface area (Å²) in [6, 6.07) is 4.83. The number of anilines is 2. The second-order valence-electron chi connectivity index (χ2n) is 4.23. The first-order valence-electron chi connectivity index (χ1n) is 6.00. The van der Waals surface area contributed by atoms with Crippen molar-refractivity contribution in [2.24, 2.45) is 0 Å². The molecule has 0 amide bonds. The van der Waals surface area contributed by atoms with Crippen LogP contribution in [-0.4, -0.2) is 26.0 Å². The molecule has 0 fully saturated rings. The number of aromatic nitrogens is 3. The van der Waals surface area contributed by atoms with Crippen LogP contribution in [-0.2, 0) is 0 Å². The third kappa shape index (κ3) is 2.61. The highest BCUT2D eigenvalue weighted by atomic mass is 35.5. The lowest BCUT2D eigenvalue weighted by Crippen LogP contribution is -2.03. The van der Waals surface area contributed by atoms with Crippen LogP contribution in [0.3, 0.4) is 0 Å². The van der Waals surface area contributed by atoms with Gasteiger partial charge in [-0.15, -0.1) is 0 Å². The Bertz CT molecular complexity index is 838. The van der Waals surface area contributed by atoms with Gasteiger partial charge in [0.1, 0.15) is 5.52 Å². The SMILES string of the molecule is O=C(O)c1ccncc1Nc1cc(Cl)c2nccnc2c1. The summed E-state index contributed by atoms with van der Waals surface area (Å²) in [6.45, 7) is 0. The predicted molar refractivity (Wildman–Crippen MR) is 79.0 cm³/mol. The number of fused-ring (bicyclic) bond motifs is 1. The van der Waals surface area contributed by atoms with Gasteiger partial charge >= 0.3 is 5.97 Å². The third-order valence-electron chi connectivity index (χ3n) is 2.86. The Morgan fingerprint density at radius 2 is 2.00 bits per heavy atom. The molecule has 2 N–H and O–H groups in total. The number of carboxylic acid groups (broad SMARTS) is 1. The molecule has 2 aromatic heterocycles. The van der Waals surface area contributed by atoms with Gasteiger partial charge in [0.05, 0.1) is 28.0 Å². The number of halogens is 1. The van der Waals surface area contributed by atoms with Crippen molar-refractivity contribution in [1.82, 2.24) is 15.0 Å². The van der Waals surface area contributed by atoms with Gasteiger partial charge in [0.2, 0.25) is 0 Å². The molecule has 0 spiro atoms. The zero-order valence-electron chi connectivity index (χ0n) is 10.6. The van der Waals surface area contributed by atoms with Crippen LogP contribution in [0.5, 0.6) is 0 Å². The molecule has 0 bridgehead atoms. The third-order valence-corrected chi connectivity index (χ3v) is 3.15. The Labute approximate surface area is 124 Å². The van der Waals surface area contributed by atoms with Crippen LogP contribution in [0.15, 0.2) is 43.0 Å². The molecular formula is C14H9ClN4O2. The minimum atomic E-state index is -1.04. The molecule has 104 valence electrons. The minimum absolute atomic E-state index is 0.125. The van der Waals surface area contributed by atoms with E-state index in [4.69, 9.17) is 16.7 Å². The molecule has 0 saturated heterocycles. The number of benzene rings is 1. The van der Waals surface area contributed by atoms with Gasteiger partial charge in [-0.1, -0.05) is 11.6 Å². The number of carbonyl (C=O) groups is 1. The Hall–Kier alpha value is -2.73. The second kappa shape index (κ2) is 5.34. The number of hydrogen-bond donors (Lipinski definition) is 2. The van der Waals surface area contributed by atoms with Crippen LogP contribution in [0.1, 0.15) is 10.4 Å². The summed E-state index contributed by atoms with van der Waals surface area (Å²) >= 11 is 6.16. The van der Waals surface area contributed by atoms with Gasteiger partial charge < -0.3 is 10.4 Å². The van der Waals surface area contributed by atoms with Gasteiger partial charge in [-0.25, -0.2) is 4.79 Å². The summed E-state index contributed by atoms with van der Waals surface area (Å²) in [6.07, 6.45) is 5.99. The van der Waals surface area contributed by atoms with Gasteiger partial charge in [-0.05, 0) is 18.2 Å². The number of nitrogens with one attached hydrogen (secondary N) is 1. The van der Waals surface area contributed by atoms with Crippen molar-refractivity contribution in [3.8, 4) is 0 Å². The van der Waals surface area contributed by atoms with Gasteiger partial charge in [-0.3, -0.25) is 15.0 Å². The molecule has 0 saturated carbocycles. The standard InChI is InChI=1S/C14H9ClN4O2/c15-10-5-8(6-11-13(10)18-4-3-17-11)19-12-7-16-2-1-9(12)14(20)21/h1-7,19H,(H,20,21). The lowest BCUT2D eigenvalue weighted by molar-refractivity contribution is 0.0698. The van der Waals surface area contributed by atoms with Gasteiger partial charge in [0, 0.05) is 24.3 Å². The maximum absolute atomic E-state index is 11.2. The zero-order valence-corrected chi connectivity index (χ0v) is 11.4. The first-order chi connectivity index (χ1) is 10.1. The van der Waals surface area contributed by atoms with Crippen molar-refractivity contribution in [3.05, 3.63) is 53.6 Å². The van der Waals surface area contributed by atoms with E-state index in [1.165, 1.54) is 18.5 Å². The smallest absolute Gasteiger partial charge is 0.337 e. The first kappa shape index (κ1) is 13.3. The van der Waals surface area contributed by atoms with E-state index < -0.39 is 5.97 Å². The van der Waals surface area contributed by atoms with E-state index in [-0.39, 0.29) is 5.56 Å². The number of pyridine rings is 1. The molecule has 0 aliphatic carbocycles. The molecule has 21 heavy (non-hydrogen) atoms. The fourth-order valence-corrected chi connectivity index (χ4v) is 2.20. The van der Waals surface area contributed by atoms with Crippen LogP contribution in [0.4, 0.5) is 11.4 Å². The number of rotatable bonds is 3. The second-order valence-corrected chi connectivity index (χ2v) is 4.64. The molecular weight excluding hydrogens is 292 g/mol. The summed E-state index contributed by atoms with van der Waals surface area (Å²) in [7, 11) is 0. The maximum Gasteiger partial charge on any atom is 0.337 e. The van der Waals surface area contributed by atoms with Crippen LogP contribution < -0.4 is 5.32 Å². The molecule has 1 aromatic carbocycles. The molecule has 6 nitrogen and oxygen atoms in total. The Morgan fingerprint density at radius 1 is 1.19 bits per heavy atom. The molecule has 0 aliphatic heterocycles. The minimum Gasteiger partial charge on any atom is -0.478 e. The van der Waals surface area contributed by atoms with E-state index >= 15 is 0 Å². The topological polar surface area (TPSA) is 88.0 Å². The van der Waals surface area contributed by atoms with Crippen molar-refractivity contribution in [1.29, 1.82) is 0 Å². The van der Waals surface area contributed by atoms with Gasteiger partial charge in [0.25, 0.3) is 0 Å². The summed E-state index contributed by atoms with van der Waals surface area (Å²) in [4.78, 5) is 23.4. The molecule has 0 atom stereocenters. The van der Waals surface area contributed by atoms with E-state index in [0.29, 0.717) is 27.4 Å². The molecule has 0 unspecified atom stereocenters. The fourth-order valence-electron chi connectivity index (χ4n) is 1.94. The van der Waals surface area contributed by atoms with Crippen LogP contribution in [0, 0.1) is 0 Å². The quantitative estimate of drug-likeness (QED) is 0.772. The number of nitrogens with zero attached hydrogens (tertiary/aromatic N) is 3. The highest BCUT2D eigenvalue weighted by molar-refractivity contribution is 6.35. The summed E-state index contributed by atoms with van der Waals surface area (Å²) in [5.74, 6) is -1.04. The normalized spacial score (nSPS) is 10.5. The first-order valence-corrected chi connectivity index (χ1v) is 6.37. The molecule has 0 aliphatic rings. The Balaban J connectivity index is 2.05. The molecule has 0 radical (unpaired) electrons. The Morgan fingerprint density at radius 3 is 2.81 bits per heavy atom. The van der Waals surface area contributed by atoms with Crippen molar-refractivity contribution < 1.29 is 9.90 Å². The maximum atomic E-state index is 11.2. The average Bonchev–Trinajstić information content (AvgIpc) is 2.47. The van der Waals surface area contributed by atoms with E-state index in [9.17, 15) is 4.79 Å². The molecule has 3 rings (SSSR count). The van der Waals surface area contributed by atoms with Crippen molar-refractivity contribution in [2.75, 3.05) is 5.32 Å². The fraction of sp³-hybridized carbons (Fsp3) is 0. The van der Waals surface area contributed by atoms with Gasteiger partial charge in [0.15, 0.2) is 0 Å². The number of aromatic carboxylic acids is 1. The molecule has 3 aromatic rings. The van der Waals surface area contributed by atoms with E-state index in [1.54, 1.807) is 24.5 Å². The number of hydrogen-bond acceptors (Lipinski definition) is 5. The van der Waals surface area contributed by atoms with Crippen LogP contribution >= 0.6 is 11.6 Å². The van der Waals surface area contributed by atoms with E-state index in [1.807, 2.05) is 0 Å². The van der Waals surface area contributed by atoms with E-state index in [0.717, 1.165) is 0 Å². The van der Waals surface area contributed by atoms with Crippen molar-refractivity contribution in [3.63, 3.8) is 0 Å². The van der Waals surface area contributed by atoms with Gasteiger partial charge in [-0.2, -0.15) is 0 Å². The number of carboxylic acids is 1.